The van der Waals surface area contributed by atoms with Crippen molar-refractivity contribution in [2.24, 2.45) is 0 Å². The van der Waals surface area contributed by atoms with Gasteiger partial charge < -0.3 is 9.47 Å². The highest BCUT2D eigenvalue weighted by molar-refractivity contribution is 5.76. The van der Waals surface area contributed by atoms with Crippen molar-refractivity contribution in [1.29, 1.82) is 0 Å². The van der Waals surface area contributed by atoms with E-state index in [-0.39, 0.29) is 11.7 Å². The molecular formula is C27H31FN2O. The number of hydrogen-bond acceptors (Lipinski definition) is 1. The zero-order valence-corrected chi connectivity index (χ0v) is 18.1. The van der Waals surface area contributed by atoms with Crippen molar-refractivity contribution >= 4 is 5.91 Å². The van der Waals surface area contributed by atoms with E-state index < -0.39 is 0 Å². The first-order valence-corrected chi connectivity index (χ1v) is 11.4. The van der Waals surface area contributed by atoms with Crippen LogP contribution in [0.3, 0.4) is 0 Å². The Kier molecular flexibility index (Phi) is 7.18. The van der Waals surface area contributed by atoms with Gasteiger partial charge in [-0.25, -0.2) is 4.39 Å². The lowest BCUT2D eigenvalue weighted by Gasteiger charge is -2.35. The van der Waals surface area contributed by atoms with E-state index >= 15 is 0 Å². The van der Waals surface area contributed by atoms with Crippen LogP contribution >= 0.6 is 0 Å². The minimum Gasteiger partial charge on any atom is -0.345 e. The molecule has 4 rings (SSSR count). The summed E-state index contributed by atoms with van der Waals surface area (Å²) in [7, 11) is 0. The van der Waals surface area contributed by atoms with Crippen molar-refractivity contribution in [2.75, 3.05) is 0 Å². The Morgan fingerprint density at radius 3 is 2.39 bits per heavy atom. The molecule has 1 aliphatic rings. The van der Waals surface area contributed by atoms with Crippen LogP contribution in [0.5, 0.6) is 0 Å². The van der Waals surface area contributed by atoms with Gasteiger partial charge in [0, 0.05) is 30.9 Å². The molecule has 1 amide bonds. The van der Waals surface area contributed by atoms with Crippen molar-refractivity contribution in [1.82, 2.24) is 9.47 Å². The summed E-state index contributed by atoms with van der Waals surface area (Å²) in [5.41, 5.74) is 3.39. The van der Waals surface area contributed by atoms with E-state index in [1.807, 2.05) is 42.6 Å². The fourth-order valence-corrected chi connectivity index (χ4v) is 4.56. The van der Waals surface area contributed by atoms with Crippen LogP contribution in [0.15, 0.2) is 72.9 Å². The van der Waals surface area contributed by atoms with Crippen LogP contribution in [0.1, 0.15) is 55.3 Å². The highest BCUT2D eigenvalue weighted by atomic mass is 19.1. The predicted molar refractivity (Wildman–Crippen MR) is 122 cm³/mol. The van der Waals surface area contributed by atoms with E-state index in [0.29, 0.717) is 25.6 Å². The molecule has 2 aromatic carbocycles. The fraction of sp³-hybridized carbons (Fsp3) is 0.370. The molecule has 1 saturated carbocycles. The lowest BCUT2D eigenvalue weighted by atomic mass is 9.93. The number of hydrogen-bond donors (Lipinski definition) is 0. The normalized spacial score (nSPS) is 14.5. The van der Waals surface area contributed by atoms with E-state index in [1.165, 1.54) is 37.0 Å². The summed E-state index contributed by atoms with van der Waals surface area (Å²) < 4.78 is 15.4. The molecule has 31 heavy (non-hydrogen) atoms. The van der Waals surface area contributed by atoms with Crippen molar-refractivity contribution in [3.05, 3.63) is 95.6 Å². The van der Waals surface area contributed by atoms with Crippen molar-refractivity contribution in [3.63, 3.8) is 0 Å². The second-order valence-electron chi connectivity index (χ2n) is 8.55. The van der Waals surface area contributed by atoms with Gasteiger partial charge in [0.2, 0.25) is 5.91 Å². The smallest absolute Gasteiger partial charge is 0.223 e. The molecule has 3 aromatic rings. The van der Waals surface area contributed by atoms with Crippen LogP contribution in [0, 0.1) is 5.82 Å². The molecule has 1 fully saturated rings. The number of nitrogens with zero attached hydrogens (tertiary/aromatic N) is 2. The number of carbonyl (C=O) groups is 1. The largest absolute Gasteiger partial charge is 0.345 e. The van der Waals surface area contributed by atoms with Gasteiger partial charge in [-0.1, -0.05) is 61.7 Å². The van der Waals surface area contributed by atoms with Gasteiger partial charge in [0.05, 0.1) is 6.54 Å². The summed E-state index contributed by atoms with van der Waals surface area (Å²) >= 11 is 0. The second-order valence-corrected chi connectivity index (χ2v) is 8.55. The molecule has 0 bridgehead atoms. The van der Waals surface area contributed by atoms with E-state index in [4.69, 9.17) is 0 Å². The molecule has 3 nitrogen and oxygen atoms in total. The molecule has 0 radical (unpaired) electrons. The number of benzene rings is 2. The average Bonchev–Trinajstić information content (AvgIpc) is 3.25. The molecule has 0 spiro atoms. The predicted octanol–water partition coefficient (Wildman–Crippen LogP) is 5.97. The molecule has 1 heterocycles. The van der Waals surface area contributed by atoms with Crippen LogP contribution in [0.2, 0.25) is 0 Å². The average molecular weight is 419 g/mol. The zero-order chi connectivity index (χ0) is 21.5. The van der Waals surface area contributed by atoms with E-state index in [1.54, 1.807) is 0 Å². The van der Waals surface area contributed by atoms with Crippen LogP contribution in [0.4, 0.5) is 4.39 Å². The lowest BCUT2D eigenvalue weighted by Crippen LogP contribution is -2.41. The van der Waals surface area contributed by atoms with Gasteiger partial charge in [0.25, 0.3) is 0 Å². The van der Waals surface area contributed by atoms with Crippen LogP contribution in [-0.4, -0.2) is 21.4 Å². The highest BCUT2D eigenvalue weighted by Gasteiger charge is 2.26. The zero-order valence-electron chi connectivity index (χ0n) is 18.1. The molecule has 0 atom stereocenters. The van der Waals surface area contributed by atoms with E-state index in [0.717, 1.165) is 30.5 Å². The van der Waals surface area contributed by atoms with Crippen LogP contribution < -0.4 is 0 Å². The standard InChI is InChI=1S/C27H31FN2O/c28-24-16-13-23(14-17-24)20-29-19-7-12-26(29)21-30(25-10-5-2-6-11-25)27(31)18-15-22-8-3-1-4-9-22/h1,3-4,7-9,12-14,16-17,19,25H,2,5-6,10-11,15,18,20-21H2. The number of aryl methyl sites for hydroxylation is 1. The maximum Gasteiger partial charge on any atom is 0.223 e. The van der Waals surface area contributed by atoms with Gasteiger partial charge in [0.1, 0.15) is 5.82 Å². The minimum absolute atomic E-state index is 0.219. The molecule has 0 N–H and O–H groups in total. The van der Waals surface area contributed by atoms with E-state index in [2.05, 4.69) is 27.7 Å². The number of carbonyl (C=O) groups excluding carboxylic acids is 1. The number of rotatable bonds is 8. The first-order chi connectivity index (χ1) is 15.2. The van der Waals surface area contributed by atoms with Gasteiger partial charge in [0.15, 0.2) is 0 Å². The minimum atomic E-state index is -0.219. The summed E-state index contributed by atoms with van der Waals surface area (Å²) in [6, 6.07) is 21.4. The summed E-state index contributed by atoms with van der Waals surface area (Å²) in [5, 5.41) is 0. The third-order valence-corrected chi connectivity index (χ3v) is 6.33. The Labute approximate surface area is 184 Å². The van der Waals surface area contributed by atoms with Gasteiger partial charge in [-0.05, 0) is 54.7 Å². The quantitative estimate of drug-likeness (QED) is 0.442. The first-order valence-electron chi connectivity index (χ1n) is 11.4. The Hall–Kier alpha value is -2.88. The van der Waals surface area contributed by atoms with Gasteiger partial charge in [-0.15, -0.1) is 0 Å². The molecule has 0 unspecified atom stereocenters. The van der Waals surface area contributed by atoms with Gasteiger partial charge >= 0.3 is 0 Å². The first kappa shape index (κ1) is 21.4. The van der Waals surface area contributed by atoms with Crippen molar-refractivity contribution in [2.45, 2.75) is 64.1 Å². The molecule has 1 aromatic heterocycles. The monoisotopic (exact) mass is 418 g/mol. The summed E-state index contributed by atoms with van der Waals surface area (Å²) in [5.74, 6) is 0.0225. The number of amides is 1. The molecule has 4 heteroatoms. The number of halogens is 1. The topological polar surface area (TPSA) is 25.2 Å². The number of aromatic nitrogens is 1. The molecule has 1 aliphatic carbocycles. The third kappa shape index (κ3) is 5.84. The fourth-order valence-electron chi connectivity index (χ4n) is 4.56. The lowest BCUT2D eigenvalue weighted by molar-refractivity contribution is -0.135. The SMILES string of the molecule is O=C(CCc1ccccc1)N(Cc1cccn1Cc1ccc(F)cc1)C1CCCCC1. The Balaban J connectivity index is 1.47. The van der Waals surface area contributed by atoms with Crippen molar-refractivity contribution < 1.29 is 9.18 Å². The summed E-state index contributed by atoms with van der Waals surface area (Å²) in [6.45, 7) is 1.31. The third-order valence-electron chi connectivity index (χ3n) is 6.33. The molecular weight excluding hydrogens is 387 g/mol. The van der Waals surface area contributed by atoms with Crippen molar-refractivity contribution in [3.8, 4) is 0 Å². The molecule has 162 valence electrons. The maximum atomic E-state index is 13.3. The van der Waals surface area contributed by atoms with Crippen LogP contribution in [0.25, 0.3) is 0 Å². The van der Waals surface area contributed by atoms with Crippen LogP contribution in [-0.2, 0) is 24.3 Å². The molecule has 0 saturated heterocycles. The Bertz CT molecular complexity index is 958. The maximum absolute atomic E-state index is 13.3. The Morgan fingerprint density at radius 2 is 1.65 bits per heavy atom. The summed E-state index contributed by atoms with van der Waals surface area (Å²) in [6.07, 6.45) is 9.22. The summed E-state index contributed by atoms with van der Waals surface area (Å²) in [4.78, 5) is 15.4. The van der Waals surface area contributed by atoms with Gasteiger partial charge in [-0.3, -0.25) is 4.79 Å². The van der Waals surface area contributed by atoms with Gasteiger partial charge in [-0.2, -0.15) is 0 Å². The van der Waals surface area contributed by atoms with E-state index in [9.17, 15) is 9.18 Å². The Morgan fingerprint density at radius 1 is 0.903 bits per heavy atom. The molecule has 0 aliphatic heterocycles. The second kappa shape index (κ2) is 10.4. The highest BCUT2D eigenvalue weighted by Crippen LogP contribution is 2.25.